The molecule has 5 heteroatoms. The van der Waals surface area contributed by atoms with Gasteiger partial charge in [0.15, 0.2) is 0 Å². The number of amides is 2. The van der Waals surface area contributed by atoms with Crippen LogP contribution in [0.4, 0.5) is 0 Å². The van der Waals surface area contributed by atoms with Gasteiger partial charge in [-0.25, -0.2) is 0 Å². The second-order valence-electron chi connectivity index (χ2n) is 6.62. The van der Waals surface area contributed by atoms with E-state index in [0.29, 0.717) is 0 Å². The summed E-state index contributed by atoms with van der Waals surface area (Å²) in [7, 11) is 0. The smallest absolute Gasteiger partial charge is 0.223 e. The monoisotopic (exact) mass is 296 g/mol. The number of aliphatic hydroxyl groups is 1. The van der Waals surface area contributed by atoms with Crippen LogP contribution in [-0.2, 0) is 9.59 Å². The van der Waals surface area contributed by atoms with Crippen molar-refractivity contribution >= 4 is 11.8 Å². The molecule has 2 saturated carbocycles. The van der Waals surface area contributed by atoms with Gasteiger partial charge in [-0.05, 0) is 32.6 Å². The first kappa shape index (κ1) is 16.3. The molecule has 0 heterocycles. The molecule has 2 aliphatic carbocycles. The zero-order chi connectivity index (χ0) is 15.2. The molecule has 0 aromatic heterocycles. The van der Waals surface area contributed by atoms with Gasteiger partial charge < -0.3 is 15.7 Å². The fourth-order valence-electron chi connectivity index (χ4n) is 3.42. The van der Waals surface area contributed by atoms with Crippen LogP contribution in [0.5, 0.6) is 0 Å². The minimum absolute atomic E-state index is 0.0832. The Morgan fingerprint density at radius 2 is 1.71 bits per heavy atom. The second kappa shape index (κ2) is 7.78. The molecular formula is C16H28N2O3. The quantitative estimate of drug-likeness (QED) is 0.719. The maximum Gasteiger partial charge on any atom is 0.223 e. The van der Waals surface area contributed by atoms with Gasteiger partial charge >= 0.3 is 0 Å². The SMILES string of the molecule is CC(CC(=O)NC1CCCCC1O)NC(=O)C1CCCC1. The van der Waals surface area contributed by atoms with E-state index in [2.05, 4.69) is 10.6 Å². The highest BCUT2D eigenvalue weighted by Gasteiger charge is 2.26. The van der Waals surface area contributed by atoms with E-state index in [4.69, 9.17) is 0 Å². The molecule has 120 valence electrons. The lowest BCUT2D eigenvalue weighted by Crippen LogP contribution is -2.47. The van der Waals surface area contributed by atoms with Crippen LogP contribution in [0.1, 0.15) is 64.7 Å². The Morgan fingerprint density at radius 3 is 2.38 bits per heavy atom. The highest BCUT2D eigenvalue weighted by atomic mass is 16.3. The lowest BCUT2D eigenvalue weighted by atomic mass is 9.92. The average Bonchev–Trinajstić information content (AvgIpc) is 2.95. The summed E-state index contributed by atoms with van der Waals surface area (Å²) in [5.74, 6) is 0.140. The first-order chi connectivity index (χ1) is 10.1. The van der Waals surface area contributed by atoms with Crippen molar-refractivity contribution < 1.29 is 14.7 Å². The topological polar surface area (TPSA) is 78.4 Å². The normalized spacial score (nSPS) is 28.1. The van der Waals surface area contributed by atoms with Gasteiger partial charge in [0.25, 0.3) is 0 Å². The van der Waals surface area contributed by atoms with Crippen LogP contribution in [0.15, 0.2) is 0 Å². The first-order valence-electron chi connectivity index (χ1n) is 8.34. The van der Waals surface area contributed by atoms with Gasteiger partial charge in [-0.1, -0.05) is 25.7 Å². The van der Waals surface area contributed by atoms with Gasteiger partial charge in [-0.2, -0.15) is 0 Å². The van der Waals surface area contributed by atoms with Gasteiger partial charge in [-0.3, -0.25) is 9.59 Å². The largest absolute Gasteiger partial charge is 0.391 e. The van der Waals surface area contributed by atoms with Crippen molar-refractivity contribution in [1.82, 2.24) is 10.6 Å². The number of aliphatic hydroxyl groups excluding tert-OH is 1. The molecule has 21 heavy (non-hydrogen) atoms. The zero-order valence-electron chi connectivity index (χ0n) is 12.9. The van der Waals surface area contributed by atoms with E-state index < -0.39 is 6.10 Å². The summed E-state index contributed by atoms with van der Waals surface area (Å²) in [6.07, 6.45) is 7.75. The number of carbonyl (C=O) groups is 2. The average molecular weight is 296 g/mol. The van der Waals surface area contributed by atoms with E-state index in [1.807, 2.05) is 6.92 Å². The van der Waals surface area contributed by atoms with E-state index in [1.165, 1.54) is 0 Å². The molecule has 0 aromatic rings. The van der Waals surface area contributed by atoms with Gasteiger partial charge in [-0.15, -0.1) is 0 Å². The van der Waals surface area contributed by atoms with Gasteiger partial charge in [0, 0.05) is 18.4 Å². The molecule has 2 rings (SSSR count). The third-order valence-corrected chi connectivity index (χ3v) is 4.68. The highest BCUT2D eigenvalue weighted by molar-refractivity contribution is 5.81. The van der Waals surface area contributed by atoms with Crippen LogP contribution in [0.2, 0.25) is 0 Å². The fraction of sp³-hybridized carbons (Fsp3) is 0.875. The first-order valence-corrected chi connectivity index (χ1v) is 8.34. The third-order valence-electron chi connectivity index (χ3n) is 4.68. The molecule has 0 saturated heterocycles. The van der Waals surface area contributed by atoms with Crippen molar-refractivity contribution in [3.05, 3.63) is 0 Å². The van der Waals surface area contributed by atoms with E-state index in [9.17, 15) is 14.7 Å². The third kappa shape index (κ3) is 4.99. The lowest BCUT2D eigenvalue weighted by molar-refractivity contribution is -0.126. The van der Waals surface area contributed by atoms with Gasteiger partial charge in [0.2, 0.25) is 11.8 Å². The van der Waals surface area contributed by atoms with Crippen LogP contribution in [0.25, 0.3) is 0 Å². The predicted octanol–water partition coefficient (Wildman–Crippen LogP) is 1.49. The molecule has 2 aliphatic rings. The Balaban J connectivity index is 1.70. The maximum atomic E-state index is 12.0. The van der Waals surface area contributed by atoms with Crippen LogP contribution in [0.3, 0.4) is 0 Å². The molecule has 0 radical (unpaired) electrons. The van der Waals surface area contributed by atoms with Gasteiger partial charge in [0.05, 0.1) is 12.1 Å². The summed E-state index contributed by atoms with van der Waals surface area (Å²) >= 11 is 0. The van der Waals surface area contributed by atoms with Crippen molar-refractivity contribution in [2.45, 2.75) is 82.9 Å². The maximum absolute atomic E-state index is 12.0. The predicted molar refractivity (Wildman–Crippen MR) is 80.6 cm³/mol. The molecule has 3 N–H and O–H groups in total. The van der Waals surface area contributed by atoms with Crippen molar-refractivity contribution in [3.63, 3.8) is 0 Å². The number of hydrogen-bond donors (Lipinski definition) is 3. The number of hydrogen-bond acceptors (Lipinski definition) is 3. The highest BCUT2D eigenvalue weighted by Crippen LogP contribution is 2.24. The molecule has 0 aromatic carbocycles. The molecule has 5 nitrogen and oxygen atoms in total. The summed E-state index contributed by atoms with van der Waals surface area (Å²) in [4.78, 5) is 24.0. The summed E-state index contributed by atoms with van der Waals surface area (Å²) in [5.41, 5.74) is 0. The Kier molecular flexibility index (Phi) is 6.03. The lowest BCUT2D eigenvalue weighted by Gasteiger charge is -2.28. The summed E-state index contributed by atoms with van der Waals surface area (Å²) < 4.78 is 0. The summed E-state index contributed by atoms with van der Waals surface area (Å²) in [6, 6.07) is -0.275. The summed E-state index contributed by atoms with van der Waals surface area (Å²) in [6.45, 7) is 1.86. The molecule has 0 aliphatic heterocycles. The van der Waals surface area contributed by atoms with Crippen molar-refractivity contribution in [3.8, 4) is 0 Å². The minimum atomic E-state index is -0.425. The van der Waals surface area contributed by atoms with Crippen molar-refractivity contribution in [2.24, 2.45) is 5.92 Å². The Bertz CT molecular complexity index is 367. The van der Waals surface area contributed by atoms with Crippen molar-refractivity contribution in [2.75, 3.05) is 0 Å². The van der Waals surface area contributed by atoms with Crippen LogP contribution in [-0.4, -0.2) is 35.1 Å². The van der Waals surface area contributed by atoms with E-state index in [0.717, 1.165) is 51.4 Å². The van der Waals surface area contributed by atoms with E-state index in [-0.39, 0.29) is 36.2 Å². The molecule has 3 unspecified atom stereocenters. The molecule has 3 atom stereocenters. The molecule has 0 spiro atoms. The van der Waals surface area contributed by atoms with Crippen LogP contribution in [0, 0.1) is 5.92 Å². The van der Waals surface area contributed by atoms with Crippen LogP contribution < -0.4 is 10.6 Å². The molecule has 0 bridgehead atoms. The molecule has 2 amide bonds. The second-order valence-corrected chi connectivity index (χ2v) is 6.62. The standard InChI is InChI=1S/C16H28N2O3/c1-11(17-16(21)12-6-2-3-7-12)10-15(20)18-13-8-4-5-9-14(13)19/h11-14,19H,2-10H2,1H3,(H,17,21)(H,18,20). The van der Waals surface area contributed by atoms with E-state index >= 15 is 0 Å². The summed E-state index contributed by atoms with van der Waals surface area (Å²) in [5, 5.41) is 15.7. The van der Waals surface area contributed by atoms with Gasteiger partial charge in [0.1, 0.15) is 0 Å². The van der Waals surface area contributed by atoms with E-state index in [1.54, 1.807) is 0 Å². The minimum Gasteiger partial charge on any atom is -0.391 e. The number of carbonyl (C=O) groups excluding carboxylic acids is 2. The zero-order valence-corrected chi connectivity index (χ0v) is 12.9. The fourth-order valence-corrected chi connectivity index (χ4v) is 3.42. The van der Waals surface area contributed by atoms with Crippen LogP contribution >= 0.6 is 0 Å². The Morgan fingerprint density at radius 1 is 1.10 bits per heavy atom. The number of rotatable bonds is 5. The molecule has 2 fully saturated rings. The Hall–Kier alpha value is -1.10. The Labute approximate surface area is 126 Å². The number of nitrogens with one attached hydrogen (secondary N) is 2. The van der Waals surface area contributed by atoms with Crippen molar-refractivity contribution in [1.29, 1.82) is 0 Å². The molecular weight excluding hydrogens is 268 g/mol.